The number of imidazole rings is 1. The van der Waals surface area contributed by atoms with Crippen molar-refractivity contribution in [3.63, 3.8) is 0 Å². The molecule has 4 nitrogen and oxygen atoms in total. The molecule has 1 unspecified atom stereocenters. The first kappa shape index (κ1) is 12.0. The van der Waals surface area contributed by atoms with Gasteiger partial charge in [0, 0.05) is 6.04 Å². The number of hydrogen-bond donors (Lipinski definition) is 3. The molecule has 0 radical (unpaired) electrons. The third-order valence-corrected chi connectivity index (χ3v) is 2.49. The number of unbranched alkanes of at least 4 members (excludes halogenated alkanes) is 1. The molecule has 0 aliphatic carbocycles. The molecule has 0 aliphatic heterocycles. The van der Waals surface area contributed by atoms with E-state index in [0.29, 0.717) is 12.0 Å². The number of aromatic amines is 1. The fraction of sp³-hybridized carbons (Fsp3) is 0.727. The molecule has 86 valence electrons. The number of nitrogens with zero attached hydrogens (tertiary/aromatic N) is 1. The summed E-state index contributed by atoms with van der Waals surface area (Å²) in [5.41, 5.74) is 6.68. The quantitative estimate of drug-likeness (QED) is 0.604. The molecule has 1 aromatic rings. The van der Waals surface area contributed by atoms with Crippen LogP contribution in [0.15, 0.2) is 6.20 Å². The predicted molar refractivity (Wildman–Crippen MR) is 63.6 cm³/mol. The monoisotopic (exact) mass is 210 g/mol. The highest BCUT2D eigenvalue weighted by atomic mass is 15.0. The van der Waals surface area contributed by atoms with E-state index in [9.17, 15) is 0 Å². The van der Waals surface area contributed by atoms with Crippen molar-refractivity contribution in [3.8, 4) is 0 Å². The molecular formula is C11H22N4. The van der Waals surface area contributed by atoms with Gasteiger partial charge < -0.3 is 16.0 Å². The van der Waals surface area contributed by atoms with Gasteiger partial charge in [-0.25, -0.2) is 4.98 Å². The Morgan fingerprint density at radius 2 is 2.27 bits per heavy atom. The van der Waals surface area contributed by atoms with Crippen LogP contribution in [-0.2, 0) is 0 Å². The summed E-state index contributed by atoms with van der Waals surface area (Å²) in [7, 11) is 0. The van der Waals surface area contributed by atoms with Crippen molar-refractivity contribution in [1.29, 1.82) is 0 Å². The fourth-order valence-corrected chi connectivity index (χ4v) is 1.64. The van der Waals surface area contributed by atoms with Crippen molar-refractivity contribution in [2.24, 2.45) is 0 Å². The van der Waals surface area contributed by atoms with Gasteiger partial charge in [0.25, 0.3) is 0 Å². The van der Waals surface area contributed by atoms with Gasteiger partial charge >= 0.3 is 0 Å². The minimum Gasteiger partial charge on any atom is -0.369 e. The maximum absolute atomic E-state index is 5.57. The number of anilines is 1. The van der Waals surface area contributed by atoms with Crippen molar-refractivity contribution in [3.05, 3.63) is 11.9 Å². The molecule has 0 amide bonds. The van der Waals surface area contributed by atoms with Crippen LogP contribution < -0.4 is 11.1 Å². The summed E-state index contributed by atoms with van der Waals surface area (Å²) in [5, 5.41) is 3.52. The van der Waals surface area contributed by atoms with Crippen LogP contribution in [0.4, 0.5) is 5.95 Å². The van der Waals surface area contributed by atoms with E-state index < -0.39 is 0 Å². The molecule has 0 fully saturated rings. The molecule has 0 aliphatic rings. The van der Waals surface area contributed by atoms with E-state index in [1.807, 2.05) is 6.20 Å². The number of aromatic nitrogens is 2. The zero-order valence-electron chi connectivity index (χ0n) is 9.71. The van der Waals surface area contributed by atoms with Gasteiger partial charge in [0.15, 0.2) is 5.95 Å². The van der Waals surface area contributed by atoms with Crippen LogP contribution in [0.5, 0.6) is 0 Å². The first-order chi connectivity index (χ1) is 7.27. The lowest BCUT2D eigenvalue weighted by Crippen LogP contribution is -2.22. The molecule has 0 saturated heterocycles. The maximum Gasteiger partial charge on any atom is 0.197 e. The minimum atomic E-state index is 0.367. The minimum absolute atomic E-state index is 0.367. The van der Waals surface area contributed by atoms with Crippen LogP contribution in [0.25, 0.3) is 0 Å². The number of rotatable bonds is 7. The third kappa shape index (κ3) is 3.91. The van der Waals surface area contributed by atoms with Gasteiger partial charge in [0.05, 0.1) is 11.9 Å². The van der Waals surface area contributed by atoms with Crippen LogP contribution in [0.3, 0.4) is 0 Å². The van der Waals surface area contributed by atoms with E-state index in [4.69, 9.17) is 5.73 Å². The highest BCUT2D eigenvalue weighted by molar-refractivity contribution is 5.20. The van der Waals surface area contributed by atoms with Gasteiger partial charge in [-0.15, -0.1) is 0 Å². The van der Waals surface area contributed by atoms with E-state index in [-0.39, 0.29) is 0 Å². The average Bonchev–Trinajstić information content (AvgIpc) is 2.64. The average molecular weight is 210 g/mol. The molecule has 0 saturated carbocycles. The van der Waals surface area contributed by atoms with Gasteiger partial charge in [-0.1, -0.05) is 26.7 Å². The van der Waals surface area contributed by atoms with Crippen molar-refractivity contribution in [2.75, 3.05) is 12.3 Å². The molecule has 1 atom stereocenters. The standard InChI is InChI=1S/C11H22N4/c1-3-5-7-13-9(6-4-2)10-8-14-11(12)15-10/h8-9,13H,3-7H2,1-2H3,(H3,12,14,15). The predicted octanol–water partition coefficient (Wildman–Crippen LogP) is 2.22. The van der Waals surface area contributed by atoms with E-state index in [2.05, 4.69) is 29.1 Å². The second-order valence-electron chi connectivity index (χ2n) is 3.87. The Morgan fingerprint density at radius 1 is 1.47 bits per heavy atom. The van der Waals surface area contributed by atoms with E-state index in [0.717, 1.165) is 25.1 Å². The van der Waals surface area contributed by atoms with Crippen LogP contribution in [0.2, 0.25) is 0 Å². The van der Waals surface area contributed by atoms with Gasteiger partial charge in [-0.2, -0.15) is 0 Å². The Kier molecular flexibility index (Phi) is 5.18. The molecule has 1 aromatic heterocycles. The number of nitrogen functional groups attached to an aromatic ring is 1. The number of H-pyrrole nitrogens is 1. The summed E-state index contributed by atoms with van der Waals surface area (Å²) < 4.78 is 0. The Hall–Kier alpha value is -1.03. The molecule has 4 N–H and O–H groups in total. The van der Waals surface area contributed by atoms with Crippen molar-refractivity contribution < 1.29 is 0 Å². The van der Waals surface area contributed by atoms with Gasteiger partial charge in [0.2, 0.25) is 0 Å². The zero-order chi connectivity index (χ0) is 11.1. The Bertz CT molecular complexity index is 269. The third-order valence-electron chi connectivity index (χ3n) is 2.49. The smallest absolute Gasteiger partial charge is 0.197 e. The highest BCUT2D eigenvalue weighted by Crippen LogP contribution is 2.16. The second kappa shape index (κ2) is 6.45. The van der Waals surface area contributed by atoms with Crippen LogP contribution in [-0.4, -0.2) is 16.5 Å². The summed E-state index contributed by atoms with van der Waals surface area (Å²) in [6.07, 6.45) is 6.53. The van der Waals surface area contributed by atoms with Crippen molar-refractivity contribution in [1.82, 2.24) is 15.3 Å². The normalized spacial score (nSPS) is 12.9. The molecule has 0 bridgehead atoms. The summed E-state index contributed by atoms with van der Waals surface area (Å²) in [5.74, 6) is 0.503. The largest absolute Gasteiger partial charge is 0.369 e. The van der Waals surface area contributed by atoms with Gasteiger partial charge in [-0.3, -0.25) is 0 Å². The summed E-state index contributed by atoms with van der Waals surface area (Å²) in [4.78, 5) is 7.12. The van der Waals surface area contributed by atoms with Crippen molar-refractivity contribution in [2.45, 2.75) is 45.6 Å². The molecule has 1 heterocycles. The molecule has 0 aromatic carbocycles. The highest BCUT2D eigenvalue weighted by Gasteiger charge is 2.11. The van der Waals surface area contributed by atoms with Crippen LogP contribution in [0, 0.1) is 0 Å². The molecule has 0 spiro atoms. The van der Waals surface area contributed by atoms with E-state index in [1.165, 1.54) is 12.8 Å². The summed E-state index contributed by atoms with van der Waals surface area (Å²) >= 11 is 0. The maximum atomic E-state index is 5.57. The summed E-state index contributed by atoms with van der Waals surface area (Å²) in [6.45, 7) is 5.44. The van der Waals surface area contributed by atoms with E-state index in [1.54, 1.807) is 0 Å². The van der Waals surface area contributed by atoms with Crippen LogP contribution >= 0.6 is 0 Å². The number of nitrogens with one attached hydrogen (secondary N) is 2. The van der Waals surface area contributed by atoms with Crippen LogP contribution in [0.1, 0.15) is 51.3 Å². The SMILES string of the molecule is CCCCNC(CCC)c1cnc(N)[nH]1. The molecule has 1 rings (SSSR count). The first-order valence-electron chi connectivity index (χ1n) is 5.81. The lowest BCUT2D eigenvalue weighted by atomic mass is 10.1. The van der Waals surface area contributed by atoms with Gasteiger partial charge in [0.1, 0.15) is 0 Å². The lowest BCUT2D eigenvalue weighted by molar-refractivity contribution is 0.478. The Labute approximate surface area is 91.7 Å². The lowest BCUT2D eigenvalue weighted by Gasteiger charge is -2.16. The fourth-order valence-electron chi connectivity index (χ4n) is 1.64. The number of hydrogen-bond acceptors (Lipinski definition) is 3. The van der Waals surface area contributed by atoms with Crippen molar-refractivity contribution >= 4 is 5.95 Å². The van der Waals surface area contributed by atoms with Gasteiger partial charge in [-0.05, 0) is 19.4 Å². The summed E-state index contributed by atoms with van der Waals surface area (Å²) in [6, 6.07) is 0.367. The first-order valence-corrected chi connectivity index (χ1v) is 5.81. The molecular weight excluding hydrogens is 188 g/mol. The van der Waals surface area contributed by atoms with E-state index >= 15 is 0 Å². The Balaban J connectivity index is 2.49. The zero-order valence-corrected chi connectivity index (χ0v) is 9.71. The Morgan fingerprint density at radius 3 is 2.80 bits per heavy atom. The second-order valence-corrected chi connectivity index (χ2v) is 3.87. The number of nitrogens with two attached hydrogens (primary N) is 1. The molecule has 4 heteroatoms. The topological polar surface area (TPSA) is 66.7 Å². The molecule has 15 heavy (non-hydrogen) atoms.